The molecule has 180 valence electrons. The lowest BCUT2D eigenvalue weighted by molar-refractivity contribution is -0.186. The lowest BCUT2D eigenvalue weighted by Crippen LogP contribution is -2.43. The van der Waals surface area contributed by atoms with Crippen LogP contribution >= 0.6 is 0 Å². The minimum absolute atomic E-state index is 0.0225. The van der Waals surface area contributed by atoms with Crippen molar-refractivity contribution in [2.45, 2.75) is 45.3 Å². The van der Waals surface area contributed by atoms with Crippen LogP contribution in [-0.2, 0) is 17.6 Å². The molecule has 4 rings (SSSR count). The van der Waals surface area contributed by atoms with Crippen molar-refractivity contribution in [1.82, 2.24) is 9.88 Å². The molecule has 8 heteroatoms. The molecule has 3 aromatic rings. The van der Waals surface area contributed by atoms with Crippen LogP contribution in [0.5, 0.6) is 5.75 Å². The third kappa shape index (κ3) is 5.61. The van der Waals surface area contributed by atoms with E-state index >= 15 is 0 Å². The summed E-state index contributed by atoms with van der Waals surface area (Å²) in [4.78, 5) is 17.2. The van der Waals surface area contributed by atoms with Crippen LogP contribution in [0.2, 0.25) is 0 Å². The SMILES string of the molecule is Cc1oc(-c2ccccc2)nc1CCOc1cccc(C[C@H]2C[C@@H](C)N(C(=O)C(F)(F)F)C2)c1. The fourth-order valence-electron chi connectivity index (χ4n) is 4.46. The molecule has 0 radical (unpaired) electrons. The van der Waals surface area contributed by atoms with Crippen LogP contribution in [-0.4, -0.2) is 41.2 Å². The molecule has 0 N–H and O–H groups in total. The summed E-state index contributed by atoms with van der Waals surface area (Å²) in [5, 5.41) is 0. The second-order valence-electron chi connectivity index (χ2n) is 8.74. The van der Waals surface area contributed by atoms with Crippen molar-refractivity contribution < 1.29 is 27.1 Å². The van der Waals surface area contributed by atoms with Crippen LogP contribution < -0.4 is 4.74 Å². The first kappa shape index (κ1) is 23.9. The summed E-state index contributed by atoms with van der Waals surface area (Å²) in [7, 11) is 0. The van der Waals surface area contributed by atoms with Gasteiger partial charge in [-0.2, -0.15) is 13.2 Å². The van der Waals surface area contributed by atoms with Gasteiger partial charge in [0.25, 0.3) is 0 Å². The Bertz CT molecular complexity index is 1130. The molecule has 0 bridgehead atoms. The van der Waals surface area contributed by atoms with Gasteiger partial charge < -0.3 is 14.1 Å². The van der Waals surface area contributed by atoms with E-state index in [-0.39, 0.29) is 12.5 Å². The van der Waals surface area contributed by atoms with Gasteiger partial charge >= 0.3 is 12.1 Å². The topological polar surface area (TPSA) is 55.6 Å². The number of hydrogen-bond acceptors (Lipinski definition) is 4. The number of rotatable bonds is 7. The Morgan fingerprint density at radius 1 is 1.18 bits per heavy atom. The van der Waals surface area contributed by atoms with E-state index in [0.29, 0.717) is 37.5 Å². The monoisotopic (exact) mass is 472 g/mol. The first-order valence-electron chi connectivity index (χ1n) is 11.3. The average Bonchev–Trinajstić information content (AvgIpc) is 3.35. The second kappa shape index (κ2) is 9.91. The molecule has 34 heavy (non-hydrogen) atoms. The molecule has 1 fully saturated rings. The number of aromatic nitrogens is 1. The smallest absolute Gasteiger partial charge is 0.471 e. The maximum Gasteiger partial charge on any atom is 0.471 e. The highest BCUT2D eigenvalue weighted by Crippen LogP contribution is 2.31. The predicted molar refractivity (Wildman–Crippen MR) is 121 cm³/mol. The van der Waals surface area contributed by atoms with E-state index in [1.807, 2.05) is 61.5 Å². The van der Waals surface area contributed by atoms with E-state index in [2.05, 4.69) is 4.98 Å². The van der Waals surface area contributed by atoms with E-state index in [1.165, 1.54) is 0 Å². The fraction of sp³-hybridized carbons (Fsp3) is 0.385. The zero-order valence-corrected chi connectivity index (χ0v) is 19.1. The summed E-state index contributed by atoms with van der Waals surface area (Å²) in [5.41, 5.74) is 2.73. The van der Waals surface area contributed by atoms with Gasteiger partial charge in [0.2, 0.25) is 5.89 Å². The van der Waals surface area contributed by atoms with Crippen LogP contribution in [0.15, 0.2) is 59.0 Å². The number of nitrogens with zero attached hydrogens (tertiary/aromatic N) is 2. The summed E-state index contributed by atoms with van der Waals surface area (Å²) in [6.07, 6.45) is -3.11. The van der Waals surface area contributed by atoms with Crippen molar-refractivity contribution in [2.24, 2.45) is 5.92 Å². The number of amides is 1. The molecule has 0 saturated carbocycles. The van der Waals surface area contributed by atoms with E-state index in [4.69, 9.17) is 9.15 Å². The lowest BCUT2D eigenvalue weighted by Gasteiger charge is -2.22. The summed E-state index contributed by atoms with van der Waals surface area (Å²) < 4.78 is 50.2. The van der Waals surface area contributed by atoms with E-state index < -0.39 is 18.1 Å². The van der Waals surface area contributed by atoms with Crippen LogP contribution in [0.4, 0.5) is 13.2 Å². The standard InChI is InChI=1S/C26H27F3N2O3/c1-17-13-20(16-31(17)25(32)26(27,28)29)14-19-7-6-10-22(15-19)33-12-11-23-18(2)34-24(30-23)21-8-4-3-5-9-21/h3-10,15,17,20H,11-14,16H2,1-2H3/t17-,20-/m1/s1. The number of oxazole rings is 1. The highest BCUT2D eigenvalue weighted by molar-refractivity contribution is 5.82. The van der Waals surface area contributed by atoms with Gasteiger partial charge in [0, 0.05) is 24.6 Å². The van der Waals surface area contributed by atoms with Crippen molar-refractivity contribution >= 4 is 5.91 Å². The molecular formula is C26H27F3N2O3. The van der Waals surface area contributed by atoms with Crippen molar-refractivity contribution in [1.29, 1.82) is 0 Å². The molecule has 1 aliphatic rings. The number of alkyl halides is 3. The highest BCUT2D eigenvalue weighted by Gasteiger charge is 2.46. The number of carbonyl (C=O) groups excluding carboxylic acids is 1. The molecule has 1 amide bonds. The third-order valence-electron chi connectivity index (χ3n) is 6.11. The number of ether oxygens (including phenoxy) is 1. The molecule has 2 aromatic carbocycles. The average molecular weight is 473 g/mol. The fourth-order valence-corrected chi connectivity index (χ4v) is 4.46. The molecule has 0 spiro atoms. The first-order chi connectivity index (χ1) is 16.2. The van der Waals surface area contributed by atoms with Gasteiger partial charge in [0.1, 0.15) is 11.5 Å². The molecule has 5 nitrogen and oxygen atoms in total. The minimum Gasteiger partial charge on any atom is -0.493 e. The van der Waals surface area contributed by atoms with Crippen LogP contribution in [0, 0.1) is 12.8 Å². The van der Waals surface area contributed by atoms with Gasteiger partial charge in [-0.15, -0.1) is 0 Å². The Balaban J connectivity index is 1.32. The molecule has 1 saturated heterocycles. The van der Waals surface area contributed by atoms with Crippen molar-refractivity contribution in [3.8, 4) is 17.2 Å². The summed E-state index contributed by atoms with van der Waals surface area (Å²) >= 11 is 0. The minimum atomic E-state index is -4.83. The van der Waals surface area contributed by atoms with E-state index in [1.54, 1.807) is 6.92 Å². The number of likely N-dealkylation sites (tertiary alicyclic amines) is 1. The third-order valence-corrected chi connectivity index (χ3v) is 6.11. The maximum atomic E-state index is 12.8. The maximum absolute atomic E-state index is 12.8. The molecular weight excluding hydrogens is 445 g/mol. The number of carbonyl (C=O) groups is 1. The molecule has 1 aromatic heterocycles. The van der Waals surface area contributed by atoms with Gasteiger partial charge in [0.15, 0.2) is 0 Å². The Kier molecular flexibility index (Phi) is 6.95. The lowest BCUT2D eigenvalue weighted by atomic mass is 9.97. The Morgan fingerprint density at radius 3 is 2.68 bits per heavy atom. The normalized spacial score (nSPS) is 18.3. The van der Waals surface area contributed by atoms with Crippen molar-refractivity contribution in [2.75, 3.05) is 13.2 Å². The summed E-state index contributed by atoms with van der Waals surface area (Å²) in [6, 6.07) is 16.8. The van der Waals surface area contributed by atoms with Gasteiger partial charge in [-0.25, -0.2) is 4.98 Å². The summed E-state index contributed by atoms with van der Waals surface area (Å²) in [6.45, 7) is 4.07. The Labute approximate surface area is 196 Å². The molecule has 2 heterocycles. The second-order valence-corrected chi connectivity index (χ2v) is 8.74. The Hall–Kier alpha value is -3.29. The highest BCUT2D eigenvalue weighted by atomic mass is 19.4. The van der Waals surface area contributed by atoms with Crippen molar-refractivity contribution in [3.05, 3.63) is 71.6 Å². The van der Waals surface area contributed by atoms with Crippen LogP contribution in [0.3, 0.4) is 0 Å². The van der Waals surface area contributed by atoms with Crippen LogP contribution in [0.1, 0.15) is 30.4 Å². The molecule has 1 aliphatic heterocycles. The van der Waals surface area contributed by atoms with Gasteiger partial charge in [-0.05, 0) is 62.4 Å². The van der Waals surface area contributed by atoms with Crippen molar-refractivity contribution in [3.63, 3.8) is 0 Å². The zero-order valence-electron chi connectivity index (χ0n) is 19.1. The number of hydrogen-bond donors (Lipinski definition) is 0. The van der Waals surface area contributed by atoms with Crippen LogP contribution in [0.25, 0.3) is 11.5 Å². The van der Waals surface area contributed by atoms with Gasteiger partial charge in [-0.3, -0.25) is 4.79 Å². The van der Waals surface area contributed by atoms with E-state index in [0.717, 1.165) is 27.5 Å². The summed E-state index contributed by atoms with van der Waals surface area (Å²) in [5.74, 6) is 0.253. The largest absolute Gasteiger partial charge is 0.493 e. The number of aryl methyl sites for hydroxylation is 1. The predicted octanol–water partition coefficient (Wildman–Crippen LogP) is 5.61. The van der Waals surface area contributed by atoms with Gasteiger partial charge in [0.05, 0.1) is 12.3 Å². The Morgan fingerprint density at radius 2 is 1.94 bits per heavy atom. The van der Waals surface area contributed by atoms with E-state index in [9.17, 15) is 18.0 Å². The molecule has 2 atom stereocenters. The molecule has 0 aliphatic carbocycles. The first-order valence-corrected chi connectivity index (χ1v) is 11.3. The zero-order chi connectivity index (χ0) is 24.3. The molecule has 0 unspecified atom stereocenters. The number of benzene rings is 2. The number of halogens is 3. The quantitative estimate of drug-likeness (QED) is 0.448. The van der Waals surface area contributed by atoms with Gasteiger partial charge in [-0.1, -0.05) is 30.3 Å².